The van der Waals surface area contributed by atoms with E-state index in [9.17, 15) is 13.2 Å². The van der Waals surface area contributed by atoms with E-state index in [4.69, 9.17) is 0 Å². The Morgan fingerprint density at radius 3 is 2.81 bits per heavy atom. The summed E-state index contributed by atoms with van der Waals surface area (Å²) in [7, 11) is -3.11. The van der Waals surface area contributed by atoms with Gasteiger partial charge in [0.05, 0.1) is 16.5 Å². The summed E-state index contributed by atoms with van der Waals surface area (Å²) in [6.45, 7) is 3.64. The van der Waals surface area contributed by atoms with Gasteiger partial charge in [0.1, 0.15) is 0 Å². The van der Waals surface area contributed by atoms with Crippen molar-refractivity contribution < 1.29 is 13.2 Å². The van der Waals surface area contributed by atoms with Crippen LogP contribution in [0.25, 0.3) is 10.9 Å². The Balaban J connectivity index is 1.96. The molecule has 6 nitrogen and oxygen atoms in total. The minimum absolute atomic E-state index is 0.00655. The van der Waals surface area contributed by atoms with Crippen molar-refractivity contribution in [1.82, 2.24) is 15.1 Å². The maximum Gasteiger partial charge on any atom is 0.275 e. The molecular formula is C14H17N3O3S. The van der Waals surface area contributed by atoms with E-state index in [0.717, 1.165) is 10.9 Å². The number of H-pyrrole nitrogens is 1. The molecule has 7 heteroatoms. The first-order valence-electron chi connectivity index (χ1n) is 6.87. The number of rotatable bonds is 1. The number of sulfone groups is 1. The molecule has 2 atom stereocenters. The number of nitrogens with zero attached hydrogens (tertiary/aromatic N) is 2. The molecule has 1 aromatic carbocycles. The van der Waals surface area contributed by atoms with Crippen LogP contribution in [0, 0.1) is 0 Å². The molecule has 21 heavy (non-hydrogen) atoms. The van der Waals surface area contributed by atoms with Gasteiger partial charge in [0.15, 0.2) is 15.5 Å². The maximum absolute atomic E-state index is 12.7. The van der Waals surface area contributed by atoms with Crippen molar-refractivity contribution in [3.05, 3.63) is 30.0 Å². The Kier molecular flexibility index (Phi) is 3.24. The van der Waals surface area contributed by atoms with Crippen molar-refractivity contribution in [2.45, 2.75) is 25.1 Å². The smallest absolute Gasteiger partial charge is 0.275 e. The van der Waals surface area contributed by atoms with Crippen LogP contribution in [0.15, 0.2) is 24.3 Å². The van der Waals surface area contributed by atoms with Crippen LogP contribution in [0.4, 0.5) is 0 Å². The highest BCUT2D eigenvalue weighted by Gasteiger charge is 2.39. The normalized spacial score (nSPS) is 25.1. The number of hydrogen-bond acceptors (Lipinski definition) is 4. The lowest BCUT2D eigenvalue weighted by Gasteiger charge is -2.37. The average Bonchev–Trinajstić information content (AvgIpc) is 2.88. The van der Waals surface area contributed by atoms with Crippen LogP contribution in [0.5, 0.6) is 0 Å². The first-order chi connectivity index (χ1) is 9.92. The SMILES string of the molecule is CC1C(C)S(=O)(=O)CCN1C(=O)c1n[nH]c2ccccc12. The number of carbonyl (C=O) groups excluding carboxylic acids is 1. The Morgan fingerprint density at radius 1 is 1.33 bits per heavy atom. The summed E-state index contributed by atoms with van der Waals surface area (Å²) >= 11 is 0. The minimum atomic E-state index is -3.11. The van der Waals surface area contributed by atoms with E-state index in [1.165, 1.54) is 0 Å². The van der Waals surface area contributed by atoms with Crippen LogP contribution in [0.1, 0.15) is 24.3 Å². The number of hydrogen-bond donors (Lipinski definition) is 1. The summed E-state index contributed by atoms with van der Waals surface area (Å²) in [5.74, 6) is -0.214. The van der Waals surface area contributed by atoms with Gasteiger partial charge in [-0.05, 0) is 19.9 Å². The summed E-state index contributed by atoms with van der Waals surface area (Å²) in [4.78, 5) is 14.3. The molecule has 0 spiro atoms. The van der Waals surface area contributed by atoms with Gasteiger partial charge < -0.3 is 4.90 Å². The number of para-hydroxylation sites is 1. The second-order valence-corrected chi connectivity index (χ2v) is 7.91. The summed E-state index contributed by atoms with van der Waals surface area (Å²) in [5, 5.41) is 7.14. The number of fused-ring (bicyclic) bond motifs is 1. The molecule has 1 N–H and O–H groups in total. The number of aromatic nitrogens is 2. The van der Waals surface area contributed by atoms with Gasteiger partial charge in [-0.3, -0.25) is 9.89 Å². The van der Waals surface area contributed by atoms with Gasteiger partial charge in [-0.2, -0.15) is 5.10 Å². The van der Waals surface area contributed by atoms with Crippen LogP contribution in [-0.4, -0.2) is 53.0 Å². The van der Waals surface area contributed by atoms with Crippen LogP contribution in [-0.2, 0) is 9.84 Å². The average molecular weight is 307 g/mol. The van der Waals surface area contributed by atoms with Crippen LogP contribution < -0.4 is 0 Å². The highest BCUT2D eigenvalue weighted by molar-refractivity contribution is 7.92. The monoisotopic (exact) mass is 307 g/mol. The van der Waals surface area contributed by atoms with Gasteiger partial charge in [0.2, 0.25) is 0 Å². The molecule has 2 aromatic rings. The molecule has 3 rings (SSSR count). The fourth-order valence-corrected chi connectivity index (χ4v) is 4.29. The van der Waals surface area contributed by atoms with Gasteiger partial charge >= 0.3 is 0 Å². The van der Waals surface area contributed by atoms with Gasteiger partial charge in [0.25, 0.3) is 5.91 Å². The molecule has 2 heterocycles. The number of aromatic amines is 1. The molecule has 1 aliphatic heterocycles. The Hall–Kier alpha value is -1.89. The van der Waals surface area contributed by atoms with Crippen LogP contribution in [0.3, 0.4) is 0 Å². The molecule has 112 valence electrons. The molecule has 1 saturated heterocycles. The number of amides is 1. The maximum atomic E-state index is 12.7. The van der Waals surface area contributed by atoms with Gasteiger partial charge in [-0.15, -0.1) is 0 Å². The lowest BCUT2D eigenvalue weighted by Crippen LogP contribution is -2.54. The van der Waals surface area contributed by atoms with Crippen molar-refractivity contribution in [2.75, 3.05) is 12.3 Å². The molecule has 1 amide bonds. The highest BCUT2D eigenvalue weighted by Crippen LogP contribution is 2.23. The van der Waals surface area contributed by atoms with Crippen LogP contribution in [0.2, 0.25) is 0 Å². The first kappa shape index (κ1) is 14.1. The second-order valence-electron chi connectivity index (χ2n) is 5.43. The molecule has 0 radical (unpaired) electrons. The van der Waals surface area contributed by atoms with Crippen molar-refractivity contribution in [2.24, 2.45) is 0 Å². The summed E-state index contributed by atoms with van der Waals surface area (Å²) < 4.78 is 23.8. The zero-order valence-electron chi connectivity index (χ0n) is 11.9. The van der Waals surface area contributed by atoms with Gasteiger partial charge in [-0.1, -0.05) is 18.2 Å². The Labute approximate surface area is 123 Å². The van der Waals surface area contributed by atoms with Crippen molar-refractivity contribution in [1.29, 1.82) is 0 Å². The summed E-state index contributed by atoms with van der Waals surface area (Å²) in [6, 6.07) is 7.05. The third-order valence-corrected chi connectivity index (χ3v) is 6.57. The first-order valence-corrected chi connectivity index (χ1v) is 8.59. The fourth-order valence-electron chi connectivity index (χ4n) is 2.72. The quantitative estimate of drug-likeness (QED) is 0.858. The standard InChI is InChI=1S/C14H17N3O3S/c1-9-10(2)21(19,20)8-7-17(9)14(18)13-11-5-3-4-6-12(11)15-16-13/h3-6,9-10H,7-8H2,1-2H3,(H,15,16). The van der Waals surface area contributed by atoms with E-state index < -0.39 is 15.1 Å². The van der Waals surface area contributed by atoms with Crippen molar-refractivity contribution >= 4 is 26.6 Å². The van der Waals surface area contributed by atoms with Gasteiger partial charge in [0, 0.05) is 18.0 Å². The largest absolute Gasteiger partial charge is 0.332 e. The number of benzene rings is 1. The predicted octanol–water partition coefficient (Wildman–Crippen LogP) is 1.21. The molecule has 1 aromatic heterocycles. The molecule has 2 unspecified atom stereocenters. The van der Waals surface area contributed by atoms with E-state index in [2.05, 4.69) is 10.2 Å². The Morgan fingerprint density at radius 2 is 2.05 bits per heavy atom. The Bertz CT molecular complexity index is 797. The van der Waals surface area contributed by atoms with Gasteiger partial charge in [-0.25, -0.2) is 8.42 Å². The van der Waals surface area contributed by atoms with E-state index in [-0.39, 0.29) is 24.2 Å². The molecular weight excluding hydrogens is 290 g/mol. The molecule has 1 fully saturated rings. The van der Waals surface area contributed by atoms with E-state index in [1.807, 2.05) is 24.3 Å². The molecule has 0 bridgehead atoms. The molecule has 1 aliphatic rings. The highest BCUT2D eigenvalue weighted by atomic mass is 32.2. The third kappa shape index (κ3) is 2.21. The van der Waals surface area contributed by atoms with E-state index >= 15 is 0 Å². The minimum Gasteiger partial charge on any atom is -0.332 e. The van der Waals surface area contributed by atoms with E-state index in [1.54, 1.807) is 18.7 Å². The zero-order chi connectivity index (χ0) is 15.2. The second kappa shape index (κ2) is 4.84. The fraction of sp³-hybridized carbons (Fsp3) is 0.429. The number of nitrogens with one attached hydrogen (secondary N) is 1. The zero-order valence-corrected chi connectivity index (χ0v) is 12.7. The lowest BCUT2D eigenvalue weighted by molar-refractivity contribution is 0.0689. The third-order valence-electron chi connectivity index (χ3n) is 4.29. The molecule has 0 saturated carbocycles. The summed E-state index contributed by atoms with van der Waals surface area (Å²) in [5.41, 5.74) is 1.15. The summed E-state index contributed by atoms with van der Waals surface area (Å²) in [6.07, 6.45) is 0. The van der Waals surface area contributed by atoms with Crippen molar-refractivity contribution in [3.63, 3.8) is 0 Å². The predicted molar refractivity (Wildman–Crippen MR) is 79.8 cm³/mol. The lowest BCUT2D eigenvalue weighted by atomic mass is 10.1. The topological polar surface area (TPSA) is 83.1 Å². The number of carbonyl (C=O) groups is 1. The van der Waals surface area contributed by atoms with Crippen molar-refractivity contribution in [3.8, 4) is 0 Å². The molecule has 0 aliphatic carbocycles. The van der Waals surface area contributed by atoms with Crippen LogP contribution >= 0.6 is 0 Å². The van der Waals surface area contributed by atoms with E-state index in [0.29, 0.717) is 5.69 Å².